The lowest BCUT2D eigenvalue weighted by Crippen LogP contribution is -2.46. The molecule has 5 aromatic rings. The number of nitrogens with zero attached hydrogens (tertiary/aromatic N) is 4. The first-order chi connectivity index (χ1) is 22.0. The molecule has 0 saturated heterocycles. The van der Waals surface area contributed by atoms with E-state index in [9.17, 15) is 9.59 Å². The second kappa shape index (κ2) is 13.2. The van der Waals surface area contributed by atoms with Gasteiger partial charge < -0.3 is 20.1 Å². The number of hydrazine groups is 1. The van der Waals surface area contributed by atoms with Crippen molar-refractivity contribution in [2.45, 2.75) is 32.8 Å². The highest BCUT2D eigenvalue weighted by molar-refractivity contribution is 6.02. The number of hydrogen-bond donors (Lipinski definition) is 3. The number of amides is 2. The molecule has 2 heterocycles. The predicted octanol–water partition coefficient (Wildman–Crippen LogP) is 5.08. The van der Waals surface area contributed by atoms with Gasteiger partial charge in [0.15, 0.2) is 11.5 Å². The van der Waals surface area contributed by atoms with Crippen LogP contribution in [0.2, 0.25) is 0 Å². The number of anilines is 2. The SMILES string of the molecule is COc1cc(C2Nc3ccccc3C(=O)N2Nc2ccccc2)ccc1OCc1cn(CC(=O)NCc2ccc(C)cc2)nn1. The second-order valence-corrected chi connectivity index (χ2v) is 10.6. The normalized spacial score (nSPS) is 13.9. The van der Waals surface area contributed by atoms with Crippen molar-refractivity contribution in [2.24, 2.45) is 0 Å². The molecule has 6 rings (SSSR count). The third-order valence-electron chi connectivity index (χ3n) is 7.33. The molecule has 1 aromatic heterocycles. The van der Waals surface area contributed by atoms with E-state index in [1.807, 2.05) is 91.9 Å². The highest BCUT2D eigenvalue weighted by Crippen LogP contribution is 2.37. The van der Waals surface area contributed by atoms with Crippen LogP contribution in [-0.4, -0.2) is 38.9 Å². The van der Waals surface area contributed by atoms with Crippen molar-refractivity contribution in [1.82, 2.24) is 25.3 Å². The van der Waals surface area contributed by atoms with E-state index in [2.05, 4.69) is 26.4 Å². The van der Waals surface area contributed by atoms with Crippen LogP contribution in [0.4, 0.5) is 11.4 Å². The number of benzene rings is 4. The van der Waals surface area contributed by atoms with Crippen LogP contribution >= 0.6 is 0 Å². The van der Waals surface area contributed by atoms with Gasteiger partial charge in [-0.15, -0.1) is 5.10 Å². The van der Waals surface area contributed by atoms with Gasteiger partial charge in [-0.05, 0) is 48.9 Å². The van der Waals surface area contributed by atoms with Crippen molar-refractivity contribution in [2.75, 3.05) is 17.9 Å². The maximum Gasteiger partial charge on any atom is 0.276 e. The van der Waals surface area contributed by atoms with Gasteiger partial charge in [0.25, 0.3) is 5.91 Å². The minimum Gasteiger partial charge on any atom is -0.493 e. The molecule has 11 nitrogen and oxygen atoms in total. The number of para-hydroxylation sites is 2. The molecule has 0 radical (unpaired) electrons. The molecule has 1 aliphatic rings. The number of rotatable bonds is 11. The molecule has 1 unspecified atom stereocenters. The number of nitrogens with one attached hydrogen (secondary N) is 3. The van der Waals surface area contributed by atoms with Crippen LogP contribution in [0, 0.1) is 6.92 Å². The van der Waals surface area contributed by atoms with Crippen molar-refractivity contribution in [3.05, 3.63) is 131 Å². The van der Waals surface area contributed by atoms with E-state index in [0.29, 0.717) is 29.3 Å². The summed E-state index contributed by atoms with van der Waals surface area (Å²) < 4.78 is 13.2. The Morgan fingerprint density at radius 3 is 2.53 bits per heavy atom. The summed E-state index contributed by atoms with van der Waals surface area (Å²) in [6.07, 6.45) is 1.14. The smallest absolute Gasteiger partial charge is 0.276 e. The summed E-state index contributed by atoms with van der Waals surface area (Å²) in [4.78, 5) is 26.0. The Kier molecular flexibility index (Phi) is 8.58. The van der Waals surface area contributed by atoms with Crippen LogP contribution < -0.4 is 25.5 Å². The van der Waals surface area contributed by atoms with Crippen LogP contribution in [-0.2, 0) is 24.5 Å². The zero-order chi connectivity index (χ0) is 31.2. The third kappa shape index (κ3) is 6.88. The van der Waals surface area contributed by atoms with E-state index in [1.54, 1.807) is 30.4 Å². The first-order valence-corrected chi connectivity index (χ1v) is 14.5. The second-order valence-electron chi connectivity index (χ2n) is 10.6. The summed E-state index contributed by atoms with van der Waals surface area (Å²) in [7, 11) is 1.56. The molecule has 3 N–H and O–H groups in total. The van der Waals surface area contributed by atoms with Crippen LogP contribution in [0.15, 0.2) is 103 Å². The average Bonchev–Trinajstić information content (AvgIpc) is 3.52. The van der Waals surface area contributed by atoms with E-state index in [4.69, 9.17) is 9.47 Å². The Bertz CT molecular complexity index is 1790. The molecular formula is C34H33N7O4. The molecule has 0 fully saturated rings. The summed E-state index contributed by atoms with van der Waals surface area (Å²) >= 11 is 0. The molecule has 11 heteroatoms. The van der Waals surface area contributed by atoms with Gasteiger partial charge in [0.2, 0.25) is 5.91 Å². The largest absolute Gasteiger partial charge is 0.493 e. The Labute approximate surface area is 260 Å². The summed E-state index contributed by atoms with van der Waals surface area (Å²) in [5.74, 6) is 0.655. The van der Waals surface area contributed by atoms with Gasteiger partial charge in [-0.1, -0.05) is 71.4 Å². The first kappa shape index (κ1) is 29.2. The average molecular weight is 604 g/mol. The molecule has 1 atom stereocenters. The number of ether oxygens (including phenoxy) is 2. The number of aryl methyl sites for hydroxylation is 1. The number of fused-ring (bicyclic) bond motifs is 1. The van der Waals surface area contributed by atoms with Gasteiger partial charge in [-0.2, -0.15) is 0 Å². The number of aromatic nitrogens is 3. The quantitative estimate of drug-likeness (QED) is 0.191. The topological polar surface area (TPSA) is 123 Å². The Balaban J connectivity index is 1.12. The highest BCUT2D eigenvalue weighted by atomic mass is 16.5. The summed E-state index contributed by atoms with van der Waals surface area (Å²) in [5.41, 5.74) is 8.88. The number of carbonyl (C=O) groups is 2. The van der Waals surface area contributed by atoms with Crippen LogP contribution in [0.1, 0.15) is 38.9 Å². The van der Waals surface area contributed by atoms with Gasteiger partial charge >= 0.3 is 0 Å². The molecular weight excluding hydrogens is 570 g/mol. The first-order valence-electron chi connectivity index (χ1n) is 14.5. The van der Waals surface area contributed by atoms with Crippen LogP contribution in [0.3, 0.4) is 0 Å². The highest BCUT2D eigenvalue weighted by Gasteiger charge is 2.34. The molecule has 228 valence electrons. The molecule has 0 saturated carbocycles. The van der Waals surface area contributed by atoms with E-state index in [-0.39, 0.29) is 25.0 Å². The minimum absolute atomic E-state index is 0.0423. The Morgan fingerprint density at radius 1 is 0.956 bits per heavy atom. The fourth-order valence-corrected chi connectivity index (χ4v) is 4.97. The summed E-state index contributed by atoms with van der Waals surface area (Å²) in [5, 5.41) is 16.1. The fourth-order valence-electron chi connectivity index (χ4n) is 4.97. The van der Waals surface area contributed by atoms with Gasteiger partial charge in [0.05, 0.1) is 24.6 Å². The van der Waals surface area contributed by atoms with E-state index in [1.165, 1.54) is 10.2 Å². The third-order valence-corrected chi connectivity index (χ3v) is 7.33. The predicted molar refractivity (Wildman–Crippen MR) is 169 cm³/mol. The standard InChI is InChI=1S/C34H33N7O4/c1-23-12-14-24(15-13-23)19-35-32(42)21-40-20-27(37-39-40)22-45-30-17-16-25(18-31(30)44-2)33-36-29-11-7-6-10-28(29)34(43)41(33)38-26-8-4-3-5-9-26/h3-18,20,33,36,38H,19,21-22H2,1-2H3,(H,35,42). The Morgan fingerprint density at radius 2 is 1.73 bits per heavy atom. The summed E-state index contributed by atoms with van der Waals surface area (Å²) in [6, 6.07) is 30.5. The lowest BCUT2D eigenvalue weighted by Gasteiger charge is -2.38. The number of hydrogen-bond acceptors (Lipinski definition) is 8. The molecule has 0 aliphatic carbocycles. The molecule has 4 aromatic carbocycles. The Hall–Kier alpha value is -5.84. The van der Waals surface area contributed by atoms with E-state index >= 15 is 0 Å². The molecule has 1 aliphatic heterocycles. The van der Waals surface area contributed by atoms with Gasteiger partial charge in [0, 0.05) is 17.8 Å². The van der Waals surface area contributed by atoms with Crippen LogP contribution in [0.5, 0.6) is 11.5 Å². The van der Waals surface area contributed by atoms with Crippen molar-refractivity contribution < 1.29 is 19.1 Å². The molecule has 45 heavy (non-hydrogen) atoms. The summed E-state index contributed by atoms with van der Waals surface area (Å²) in [6.45, 7) is 2.63. The maximum atomic E-state index is 13.6. The molecule has 0 bridgehead atoms. The lowest BCUT2D eigenvalue weighted by atomic mass is 10.0. The van der Waals surface area contributed by atoms with E-state index < -0.39 is 6.17 Å². The van der Waals surface area contributed by atoms with Crippen molar-refractivity contribution in [3.8, 4) is 11.5 Å². The number of methoxy groups -OCH3 is 1. The lowest BCUT2D eigenvalue weighted by molar-refractivity contribution is -0.122. The monoisotopic (exact) mass is 603 g/mol. The zero-order valence-electron chi connectivity index (χ0n) is 24.9. The minimum atomic E-state index is -0.535. The van der Waals surface area contributed by atoms with Crippen LogP contribution in [0.25, 0.3) is 0 Å². The van der Waals surface area contributed by atoms with Crippen molar-refractivity contribution >= 4 is 23.2 Å². The van der Waals surface area contributed by atoms with Crippen molar-refractivity contribution in [3.63, 3.8) is 0 Å². The molecule has 0 spiro atoms. The van der Waals surface area contributed by atoms with Gasteiger partial charge in [0.1, 0.15) is 25.0 Å². The maximum absolute atomic E-state index is 13.6. The van der Waals surface area contributed by atoms with E-state index in [0.717, 1.165) is 22.5 Å². The van der Waals surface area contributed by atoms with Gasteiger partial charge in [-0.3, -0.25) is 15.0 Å². The zero-order valence-corrected chi connectivity index (χ0v) is 24.9. The van der Waals surface area contributed by atoms with Crippen molar-refractivity contribution in [1.29, 1.82) is 0 Å². The molecule has 2 amide bonds. The van der Waals surface area contributed by atoms with Gasteiger partial charge in [-0.25, -0.2) is 9.69 Å². The number of carbonyl (C=O) groups excluding carboxylic acids is 2. The fraction of sp³-hybridized carbons (Fsp3) is 0.176.